The first-order chi connectivity index (χ1) is 8.86. The van der Waals surface area contributed by atoms with Gasteiger partial charge < -0.3 is 14.4 Å². The van der Waals surface area contributed by atoms with Crippen LogP contribution in [0.1, 0.15) is 32.6 Å². The van der Waals surface area contributed by atoms with Gasteiger partial charge in [0.05, 0.1) is 13.7 Å². The predicted molar refractivity (Wildman–Crippen MR) is 72.6 cm³/mol. The second-order valence-electron chi connectivity index (χ2n) is 4.56. The molecule has 0 bridgehead atoms. The molecule has 0 unspecified atom stereocenters. The van der Waals surface area contributed by atoms with Crippen molar-refractivity contribution in [1.82, 2.24) is 4.98 Å². The van der Waals surface area contributed by atoms with Gasteiger partial charge in [0.15, 0.2) is 11.6 Å². The molecule has 1 fully saturated rings. The quantitative estimate of drug-likeness (QED) is 0.727. The molecule has 18 heavy (non-hydrogen) atoms. The second-order valence-corrected chi connectivity index (χ2v) is 4.56. The fourth-order valence-electron chi connectivity index (χ4n) is 2.19. The summed E-state index contributed by atoms with van der Waals surface area (Å²) in [5.41, 5.74) is 0. The van der Waals surface area contributed by atoms with Gasteiger partial charge in [-0.05, 0) is 19.3 Å². The lowest BCUT2D eigenvalue weighted by molar-refractivity contribution is 0.287. The van der Waals surface area contributed by atoms with E-state index in [0.717, 1.165) is 49.9 Å². The Morgan fingerprint density at radius 1 is 1.33 bits per heavy atom. The summed E-state index contributed by atoms with van der Waals surface area (Å²) in [4.78, 5) is 6.75. The zero-order chi connectivity index (χ0) is 12.8. The number of nitrogens with zero attached hydrogens (tertiary/aromatic N) is 2. The molecule has 0 N–H and O–H groups in total. The fourth-order valence-corrected chi connectivity index (χ4v) is 2.19. The van der Waals surface area contributed by atoms with Crippen LogP contribution < -0.4 is 14.4 Å². The molecular weight excluding hydrogens is 228 g/mol. The molecule has 4 nitrogen and oxygen atoms in total. The lowest BCUT2D eigenvalue weighted by atomic mass is 10.3. The Kier molecular flexibility index (Phi) is 4.67. The molecule has 100 valence electrons. The molecule has 1 aliphatic rings. The summed E-state index contributed by atoms with van der Waals surface area (Å²) >= 11 is 0. The molecule has 0 atom stereocenters. The zero-order valence-electron chi connectivity index (χ0n) is 11.3. The number of methoxy groups -OCH3 is 1. The minimum atomic E-state index is 0.722. The second kappa shape index (κ2) is 6.47. The minimum absolute atomic E-state index is 0.722. The van der Waals surface area contributed by atoms with Crippen molar-refractivity contribution >= 4 is 5.82 Å². The molecular formula is C14H22N2O2. The van der Waals surface area contributed by atoms with Crippen molar-refractivity contribution in [2.45, 2.75) is 32.6 Å². The van der Waals surface area contributed by atoms with E-state index < -0.39 is 0 Å². The molecule has 2 heterocycles. The normalized spacial score (nSPS) is 14.9. The molecule has 1 aromatic heterocycles. The molecule has 0 radical (unpaired) electrons. The summed E-state index contributed by atoms with van der Waals surface area (Å²) in [5.74, 6) is 2.52. The Labute approximate surface area is 109 Å². The van der Waals surface area contributed by atoms with Gasteiger partial charge in [0, 0.05) is 25.4 Å². The van der Waals surface area contributed by atoms with Crippen molar-refractivity contribution in [1.29, 1.82) is 0 Å². The molecule has 0 saturated carbocycles. The van der Waals surface area contributed by atoms with Crippen molar-refractivity contribution in [2.75, 3.05) is 31.7 Å². The fraction of sp³-hybridized carbons (Fsp3) is 0.643. The molecule has 1 aromatic rings. The lowest BCUT2D eigenvalue weighted by Crippen LogP contribution is -2.20. The van der Waals surface area contributed by atoms with E-state index in [9.17, 15) is 0 Å². The topological polar surface area (TPSA) is 34.6 Å². The van der Waals surface area contributed by atoms with Gasteiger partial charge in [-0.25, -0.2) is 4.98 Å². The summed E-state index contributed by atoms with van der Waals surface area (Å²) < 4.78 is 11.3. The van der Waals surface area contributed by atoms with Crippen LogP contribution in [0.25, 0.3) is 0 Å². The van der Waals surface area contributed by atoms with Crippen molar-refractivity contribution in [3.63, 3.8) is 0 Å². The van der Waals surface area contributed by atoms with Gasteiger partial charge in [-0.15, -0.1) is 0 Å². The number of hydrogen-bond acceptors (Lipinski definition) is 4. The highest BCUT2D eigenvalue weighted by atomic mass is 16.5. The van der Waals surface area contributed by atoms with E-state index in [1.54, 1.807) is 13.3 Å². The Morgan fingerprint density at radius 2 is 2.11 bits per heavy atom. The van der Waals surface area contributed by atoms with E-state index in [-0.39, 0.29) is 0 Å². The minimum Gasteiger partial charge on any atom is -0.493 e. The maximum atomic E-state index is 5.88. The Morgan fingerprint density at radius 3 is 2.78 bits per heavy atom. The Balaban J connectivity index is 2.20. The van der Waals surface area contributed by atoms with Crippen LogP contribution in [-0.2, 0) is 0 Å². The van der Waals surface area contributed by atoms with E-state index >= 15 is 0 Å². The molecule has 0 spiro atoms. The molecule has 0 amide bonds. The van der Waals surface area contributed by atoms with Crippen LogP contribution in [0, 0.1) is 0 Å². The summed E-state index contributed by atoms with van der Waals surface area (Å²) in [5, 5.41) is 0. The summed E-state index contributed by atoms with van der Waals surface area (Å²) in [6.07, 6.45) is 6.43. The van der Waals surface area contributed by atoms with E-state index in [1.807, 2.05) is 6.07 Å². The maximum absolute atomic E-state index is 5.88. The third kappa shape index (κ3) is 2.86. The van der Waals surface area contributed by atoms with Gasteiger partial charge in [-0.1, -0.05) is 13.3 Å². The van der Waals surface area contributed by atoms with Crippen molar-refractivity contribution < 1.29 is 9.47 Å². The van der Waals surface area contributed by atoms with Gasteiger partial charge in [0.1, 0.15) is 0 Å². The monoisotopic (exact) mass is 250 g/mol. The van der Waals surface area contributed by atoms with E-state index in [4.69, 9.17) is 9.47 Å². The highest BCUT2D eigenvalue weighted by Gasteiger charge is 2.20. The van der Waals surface area contributed by atoms with Gasteiger partial charge in [0.2, 0.25) is 5.75 Å². The highest BCUT2D eigenvalue weighted by Crippen LogP contribution is 2.37. The van der Waals surface area contributed by atoms with Crippen LogP contribution in [0.4, 0.5) is 5.82 Å². The number of pyridine rings is 1. The number of hydrogen-bond donors (Lipinski definition) is 0. The standard InChI is InChI=1S/C14H22N2O2/c1-3-4-11-18-13-12(17-2)7-8-15-14(13)16-9-5-6-10-16/h7-8H,3-6,9-11H2,1-2H3. The molecule has 4 heteroatoms. The Hall–Kier alpha value is -1.45. The largest absolute Gasteiger partial charge is 0.493 e. The number of ether oxygens (including phenoxy) is 2. The molecule has 1 saturated heterocycles. The number of unbranched alkanes of at least 4 members (excludes halogenated alkanes) is 1. The molecule has 1 aliphatic heterocycles. The van der Waals surface area contributed by atoms with E-state index in [1.165, 1.54) is 12.8 Å². The SMILES string of the molecule is CCCCOc1c(OC)ccnc1N1CCCC1. The van der Waals surface area contributed by atoms with Crippen LogP contribution in [-0.4, -0.2) is 31.8 Å². The van der Waals surface area contributed by atoms with Crippen LogP contribution in [0.2, 0.25) is 0 Å². The maximum Gasteiger partial charge on any atom is 0.204 e. The van der Waals surface area contributed by atoms with E-state index in [2.05, 4.69) is 16.8 Å². The first-order valence-corrected chi connectivity index (χ1v) is 6.77. The van der Waals surface area contributed by atoms with Crippen LogP contribution >= 0.6 is 0 Å². The molecule has 0 aromatic carbocycles. The third-order valence-corrected chi connectivity index (χ3v) is 3.22. The smallest absolute Gasteiger partial charge is 0.204 e. The first-order valence-electron chi connectivity index (χ1n) is 6.77. The average molecular weight is 250 g/mol. The predicted octanol–water partition coefficient (Wildman–Crippen LogP) is 2.87. The summed E-state index contributed by atoms with van der Waals surface area (Å²) in [7, 11) is 1.68. The number of rotatable bonds is 6. The van der Waals surface area contributed by atoms with Crippen LogP contribution in [0.5, 0.6) is 11.5 Å². The van der Waals surface area contributed by atoms with Crippen LogP contribution in [0.15, 0.2) is 12.3 Å². The van der Waals surface area contributed by atoms with Crippen LogP contribution in [0.3, 0.4) is 0 Å². The first kappa shape index (κ1) is 13.0. The highest BCUT2D eigenvalue weighted by molar-refractivity contribution is 5.60. The van der Waals surface area contributed by atoms with Crippen molar-refractivity contribution in [3.8, 4) is 11.5 Å². The number of aromatic nitrogens is 1. The molecule has 2 rings (SSSR count). The van der Waals surface area contributed by atoms with Gasteiger partial charge in [-0.3, -0.25) is 0 Å². The zero-order valence-corrected chi connectivity index (χ0v) is 11.3. The third-order valence-electron chi connectivity index (χ3n) is 3.22. The number of anilines is 1. The summed E-state index contributed by atoms with van der Waals surface area (Å²) in [6, 6.07) is 1.86. The Bertz CT molecular complexity index is 376. The van der Waals surface area contributed by atoms with Gasteiger partial charge in [-0.2, -0.15) is 0 Å². The summed E-state index contributed by atoms with van der Waals surface area (Å²) in [6.45, 7) is 5.00. The lowest BCUT2D eigenvalue weighted by Gasteiger charge is -2.21. The van der Waals surface area contributed by atoms with E-state index in [0.29, 0.717) is 0 Å². The molecule has 0 aliphatic carbocycles. The average Bonchev–Trinajstić information content (AvgIpc) is 2.93. The van der Waals surface area contributed by atoms with Gasteiger partial charge >= 0.3 is 0 Å². The van der Waals surface area contributed by atoms with Crippen molar-refractivity contribution in [3.05, 3.63) is 12.3 Å². The van der Waals surface area contributed by atoms with Gasteiger partial charge in [0.25, 0.3) is 0 Å². The van der Waals surface area contributed by atoms with Crippen molar-refractivity contribution in [2.24, 2.45) is 0 Å².